The highest BCUT2D eigenvalue weighted by Gasteiger charge is 2.26. The topological polar surface area (TPSA) is 73.6 Å². The average Bonchev–Trinajstić information content (AvgIpc) is 2.53. The second-order valence-corrected chi connectivity index (χ2v) is 5.22. The molecule has 2 rings (SSSR count). The molecule has 1 amide bonds. The van der Waals surface area contributed by atoms with Gasteiger partial charge >= 0.3 is 6.61 Å². The number of benzene rings is 1. The fourth-order valence-electron chi connectivity index (χ4n) is 2.38. The largest absolute Gasteiger partial charge is 0.435 e. The molecule has 1 fully saturated rings. The Balaban J connectivity index is 0.00000264. The number of nitrogens with two attached hydrogens (primary N) is 1. The van der Waals surface area contributed by atoms with E-state index in [2.05, 4.69) is 10.1 Å². The van der Waals surface area contributed by atoms with Gasteiger partial charge in [-0.3, -0.25) is 4.79 Å². The van der Waals surface area contributed by atoms with Crippen molar-refractivity contribution in [2.24, 2.45) is 11.7 Å². The number of hydrogen-bond acceptors (Lipinski definition) is 4. The maximum Gasteiger partial charge on any atom is 0.387 e. The maximum atomic E-state index is 12.0. The highest BCUT2D eigenvalue weighted by atomic mass is 35.5. The number of alkyl halides is 2. The van der Waals surface area contributed by atoms with Crippen molar-refractivity contribution in [3.63, 3.8) is 0 Å². The first-order chi connectivity index (χ1) is 10.6. The predicted octanol–water partition coefficient (Wildman–Crippen LogP) is 2.08. The van der Waals surface area contributed by atoms with E-state index in [1.807, 2.05) is 0 Å². The van der Waals surface area contributed by atoms with Crippen LogP contribution in [-0.2, 0) is 16.1 Å². The summed E-state index contributed by atoms with van der Waals surface area (Å²) in [5.74, 6) is 0.0133. The van der Waals surface area contributed by atoms with Crippen molar-refractivity contribution < 1.29 is 23.0 Å². The van der Waals surface area contributed by atoms with Gasteiger partial charge < -0.3 is 20.5 Å². The normalized spacial score (nSPS) is 16.5. The van der Waals surface area contributed by atoms with Crippen LogP contribution in [0.5, 0.6) is 5.75 Å². The Hall–Kier alpha value is -1.44. The number of carbonyl (C=O) groups is 1. The first-order valence-electron chi connectivity index (χ1n) is 7.21. The summed E-state index contributed by atoms with van der Waals surface area (Å²) in [6.45, 7) is -1.28. The molecule has 1 saturated heterocycles. The lowest BCUT2D eigenvalue weighted by molar-refractivity contribution is -0.124. The molecule has 1 aliphatic rings. The van der Waals surface area contributed by atoms with Crippen molar-refractivity contribution in [2.75, 3.05) is 13.2 Å². The number of rotatable bonds is 6. The molecule has 0 bridgehead atoms. The first-order valence-corrected chi connectivity index (χ1v) is 7.21. The van der Waals surface area contributed by atoms with Gasteiger partial charge in [0.05, 0.1) is 6.04 Å². The molecular weight excluding hydrogens is 330 g/mol. The smallest absolute Gasteiger partial charge is 0.387 e. The zero-order chi connectivity index (χ0) is 15.9. The van der Waals surface area contributed by atoms with Crippen LogP contribution in [0.1, 0.15) is 18.4 Å². The van der Waals surface area contributed by atoms with Crippen LogP contribution in [0.15, 0.2) is 24.3 Å². The van der Waals surface area contributed by atoms with E-state index >= 15 is 0 Å². The van der Waals surface area contributed by atoms with Crippen molar-refractivity contribution in [3.8, 4) is 5.75 Å². The molecule has 1 aromatic carbocycles. The fraction of sp³-hybridized carbons (Fsp3) is 0.533. The van der Waals surface area contributed by atoms with Crippen molar-refractivity contribution in [1.82, 2.24) is 5.32 Å². The van der Waals surface area contributed by atoms with Crippen LogP contribution < -0.4 is 15.8 Å². The van der Waals surface area contributed by atoms with Crippen LogP contribution in [0.3, 0.4) is 0 Å². The Morgan fingerprint density at radius 2 is 1.91 bits per heavy atom. The molecule has 0 saturated carbocycles. The lowest BCUT2D eigenvalue weighted by Crippen LogP contribution is -2.46. The number of carbonyl (C=O) groups excluding carboxylic acids is 1. The van der Waals surface area contributed by atoms with E-state index in [4.69, 9.17) is 10.5 Å². The Kier molecular flexibility index (Phi) is 8.22. The van der Waals surface area contributed by atoms with Gasteiger partial charge in [-0.25, -0.2) is 0 Å². The van der Waals surface area contributed by atoms with E-state index in [1.54, 1.807) is 12.1 Å². The summed E-state index contributed by atoms with van der Waals surface area (Å²) in [5.41, 5.74) is 6.75. The van der Waals surface area contributed by atoms with E-state index in [-0.39, 0.29) is 30.0 Å². The minimum absolute atomic E-state index is 0. The summed E-state index contributed by atoms with van der Waals surface area (Å²) in [7, 11) is 0. The van der Waals surface area contributed by atoms with Crippen molar-refractivity contribution in [3.05, 3.63) is 29.8 Å². The van der Waals surface area contributed by atoms with Gasteiger partial charge in [-0.1, -0.05) is 12.1 Å². The van der Waals surface area contributed by atoms with Gasteiger partial charge in [-0.05, 0) is 36.5 Å². The number of nitrogens with one attached hydrogen (secondary N) is 1. The highest BCUT2D eigenvalue weighted by molar-refractivity contribution is 5.85. The van der Waals surface area contributed by atoms with E-state index in [0.29, 0.717) is 19.8 Å². The van der Waals surface area contributed by atoms with Crippen LogP contribution in [0, 0.1) is 5.92 Å². The molecule has 1 unspecified atom stereocenters. The lowest BCUT2D eigenvalue weighted by atomic mass is 9.92. The molecule has 3 N–H and O–H groups in total. The summed E-state index contributed by atoms with van der Waals surface area (Å²) in [5, 5.41) is 2.76. The van der Waals surface area contributed by atoms with Gasteiger partial charge in [0.15, 0.2) is 0 Å². The van der Waals surface area contributed by atoms with Crippen molar-refractivity contribution in [2.45, 2.75) is 32.0 Å². The Bertz CT molecular complexity index is 482. The van der Waals surface area contributed by atoms with Crippen LogP contribution in [0.2, 0.25) is 0 Å². The van der Waals surface area contributed by atoms with E-state index < -0.39 is 12.7 Å². The number of ether oxygens (including phenoxy) is 2. The van der Waals surface area contributed by atoms with Crippen LogP contribution >= 0.6 is 12.4 Å². The fourth-order valence-corrected chi connectivity index (χ4v) is 2.38. The molecule has 1 atom stereocenters. The molecule has 0 spiro atoms. The van der Waals surface area contributed by atoms with Crippen molar-refractivity contribution in [1.29, 1.82) is 0 Å². The highest BCUT2D eigenvalue weighted by Crippen LogP contribution is 2.18. The molecule has 5 nitrogen and oxygen atoms in total. The standard InChI is InChI=1S/C15H20F2N2O3.ClH/c16-15(17)22-12-3-1-10(2-4-12)9-19-14(20)13(18)11-5-7-21-8-6-11;/h1-4,11,13,15H,5-9,18H2,(H,19,20);1H. The monoisotopic (exact) mass is 350 g/mol. The SMILES string of the molecule is Cl.NC(C(=O)NCc1ccc(OC(F)F)cc1)C1CCOCC1. The molecule has 1 heterocycles. The summed E-state index contributed by atoms with van der Waals surface area (Å²) in [6.07, 6.45) is 1.57. The van der Waals surface area contributed by atoms with Gasteiger partial charge in [0.25, 0.3) is 0 Å². The molecule has 130 valence electrons. The first kappa shape index (κ1) is 19.6. The Morgan fingerprint density at radius 1 is 1.30 bits per heavy atom. The summed E-state index contributed by atoms with van der Waals surface area (Å²) in [4.78, 5) is 12.0. The minimum Gasteiger partial charge on any atom is -0.435 e. The Labute approximate surface area is 139 Å². The lowest BCUT2D eigenvalue weighted by Gasteiger charge is -2.26. The quantitative estimate of drug-likeness (QED) is 0.824. The van der Waals surface area contributed by atoms with Gasteiger partial charge in [0.2, 0.25) is 5.91 Å². The van der Waals surface area contributed by atoms with Gasteiger partial charge in [-0.15, -0.1) is 12.4 Å². The molecule has 1 aliphatic heterocycles. The predicted molar refractivity (Wildman–Crippen MR) is 83.7 cm³/mol. The summed E-state index contributed by atoms with van der Waals surface area (Å²) in [6, 6.07) is 5.57. The minimum atomic E-state index is -2.84. The van der Waals surface area contributed by atoms with Crippen molar-refractivity contribution >= 4 is 18.3 Å². The average molecular weight is 351 g/mol. The van der Waals surface area contributed by atoms with Gasteiger partial charge in [0.1, 0.15) is 5.75 Å². The molecule has 0 aromatic heterocycles. The maximum absolute atomic E-state index is 12.0. The molecule has 0 radical (unpaired) electrons. The summed E-state index contributed by atoms with van der Waals surface area (Å²) < 4.78 is 33.6. The molecule has 23 heavy (non-hydrogen) atoms. The number of halogens is 3. The van der Waals surface area contributed by atoms with E-state index in [1.165, 1.54) is 12.1 Å². The third-order valence-corrected chi connectivity index (χ3v) is 3.69. The molecule has 1 aromatic rings. The van der Waals surface area contributed by atoms with Crippen LogP contribution in [0.25, 0.3) is 0 Å². The van der Waals surface area contributed by atoms with E-state index in [9.17, 15) is 13.6 Å². The third kappa shape index (κ3) is 6.29. The van der Waals surface area contributed by atoms with Crippen LogP contribution in [-0.4, -0.2) is 31.8 Å². The molecule has 0 aliphatic carbocycles. The van der Waals surface area contributed by atoms with Crippen LogP contribution in [0.4, 0.5) is 8.78 Å². The second-order valence-electron chi connectivity index (χ2n) is 5.22. The number of amides is 1. The molecule has 8 heteroatoms. The van der Waals surface area contributed by atoms with E-state index in [0.717, 1.165) is 18.4 Å². The second kappa shape index (κ2) is 9.64. The zero-order valence-corrected chi connectivity index (χ0v) is 13.4. The van der Waals surface area contributed by atoms with Gasteiger partial charge in [-0.2, -0.15) is 8.78 Å². The molecular formula is C15H21ClF2N2O3. The summed E-state index contributed by atoms with van der Waals surface area (Å²) >= 11 is 0. The zero-order valence-electron chi connectivity index (χ0n) is 12.5. The van der Waals surface area contributed by atoms with Gasteiger partial charge in [0, 0.05) is 19.8 Å². The third-order valence-electron chi connectivity index (χ3n) is 3.69. The number of hydrogen-bond donors (Lipinski definition) is 2. The Morgan fingerprint density at radius 3 is 2.48 bits per heavy atom.